The second-order valence-corrected chi connectivity index (χ2v) is 7.07. The highest BCUT2D eigenvalue weighted by Crippen LogP contribution is 2.37. The second-order valence-electron chi connectivity index (χ2n) is 7.07. The van der Waals surface area contributed by atoms with E-state index in [1.807, 2.05) is 30.5 Å². The van der Waals surface area contributed by atoms with Crippen LogP contribution in [0.3, 0.4) is 0 Å². The second kappa shape index (κ2) is 7.84. The van der Waals surface area contributed by atoms with Crippen molar-refractivity contribution in [3.05, 3.63) is 78.0 Å². The quantitative estimate of drug-likeness (QED) is 0.696. The maximum Gasteiger partial charge on any atom is 0.407 e. The van der Waals surface area contributed by atoms with Gasteiger partial charge in [-0.2, -0.15) is 0 Å². The van der Waals surface area contributed by atoms with E-state index in [2.05, 4.69) is 9.55 Å². The molecule has 28 heavy (non-hydrogen) atoms. The summed E-state index contributed by atoms with van der Waals surface area (Å²) in [5.74, 6) is -0.236. The number of carbonyl (C=O) groups is 1. The van der Waals surface area contributed by atoms with Crippen LogP contribution in [0.2, 0.25) is 0 Å². The fourth-order valence-corrected chi connectivity index (χ4v) is 3.96. The standard InChI is InChI=1S/C22H22FN3O2/c23-17-9-7-16(8-10-17)11-13-25-15-24-14-21(25)19-5-2-1-4-18(19)20-6-3-12-26(20)22(27)28/h1-2,4-5,7-10,14-15,20H,3,6,11-13H2,(H,27,28). The summed E-state index contributed by atoms with van der Waals surface area (Å²) in [7, 11) is 0. The third-order valence-electron chi connectivity index (χ3n) is 5.36. The fraction of sp³-hybridized carbons (Fsp3) is 0.273. The third kappa shape index (κ3) is 3.63. The number of hydrogen-bond acceptors (Lipinski definition) is 2. The minimum absolute atomic E-state index is 0.130. The Labute approximate surface area is 163 Å². The maximum atomic E-state index is 13.1. The first kappa shape index (κ1) is 18.2. The van der Waals surface area contributed by atoms with Gasteiger partial charge >= 0.3 is 6.09 Å². The van der Waals surface area contributed by atoms with Gasteiger partial charge in [0.1, 0.15) is 5.82 Å². The zero-order valence-electron chi connectivity index (χ0n) is 15.5. The predicted octanol–water partition coefficient (Wildman–Crippen LogP) is 4.75. The molecule has 1 aromatic heterocycles. The van der Waals surface area contributed by atoms with Crippen molar-refractivity contribution in [2.45, 2.75) is 31.8 Å². The lowest BCUT2D eigenvalue weighted by Crippen LogP contribution is -2.29. The average molecular weight is 379 g/mol. The van der Waals surface area contributed by atoms with Crippen molar-refractivity contribution in [2.24, 2.45) is 0 Å². The molecule has 0 aliphatic carbocycles. The molecule has 0 spiro atoms. The van der Waals surface area contributed by atoms with Crippen LogP contribution in [-0.4, -0.2) is 32.2 Å². The van der Waals surface area contributed by atoms with E-state index >= 15 is 0 Å². The van der Waals surface area contributed by atoms with E-state index in [0.29, 0.717) is 13.1 Å². The van der Waals surface area contributed by atoms with Gasteiger partial charge in [-0.3, -0.25) is 0 Å². The molecule has 1 unspecified atom stereocenters. The Bertz CT molecular complexity index is 968. The van der Waals surface area contributed by atoms with Crippen LogP contribution in [0.15, 0.2) is 61.1 Å². The lowest BCUT2D eigenvalue weighted by Gasteiger charge is -2.24. The summed E-state index contributed by atoms with van der Waals surface area (Å²) in [4.78, 5) is 17.5. The van der Waals surface area contributed by atoms with Crippen LogP contribution in [0.25, 0.3) is 11.3 Å². The van der Waals surface area contributed by atoms with E-state index in [-0.39, 0.29) is 11.9 Å². The Morgan fingerprint density at radius 2 is 1.96 bits per heavy atom. The molecule has 2 heterocycles. The van der Waals surface area contributed by atoms with Gasteiger partial charge in [0.25, 0.3) is 0 Å². The van der Waals surface area contributed by atoms with Crippen LogP contribution in [0.1, 0.15) is 30.0 Å². The molecular formula is C22H22FN3O2. The Morgan fingerprint density at radius 1 is 1.18 bits per heavy atom. The zero-order valence-corrected chi connectivity index (χ0v) is 15.5. The van der Waals surface area contributed by atoms with Gasteiger partial charge in [0, 0.05) is 18.7 Å². The molecule has 3 aromatic rings. The van der Waals surface area contributed by atoms with E-state index in [1.165, 1.54) is 17.0 Å². The number of nitrogens with zero attached hydrogens (tertiary/aromatic N) is 3. The van der Waals surface area contributed by atoms with Crippen molar-refractivity contribution in [3.8, 4) is 11.3 Å². The minimum atomic E-state index is -0.873. The molecular weight excluding hydrogens is 357 g/mol. The average Bonchev–Trinajstić information content (AvgIpc) is 3.37. The summed E-state index contributed by atoms with van der Waals surface area (Å²) < 4.78 is 15.2. The van der Waals surface area contributed by atoms with Crippen LogP contribution in [0, 0.1) is 5.82 Å². The highest BCUT2D eigenvalue weighted by molar-refractivity contribution is 5.69. The van der Waals surface area contributed by atoms with Crippen LogP contribution < -0.4 is 0 Å². The van der Waals surface area contributed by atoms with Gasteiger partial charge in [-0.1, -0.05) is 36.4 Å². The molecule has 144 valence electrons. The number of rotatable bonds is 5. The summed E-state index contributed by atoms with van der Waals surface area (Å²) in [5.41, 5.74) is 4.06. The summed E-state index contributed by atoms with van der Waals surface area (Å²) in [6.07, 6.45) is 5.20. The first-order chi connectivity index (χ1) is 13.6. The molecule has 1 atom stereocenters. The molecule has 4 rings (SSSR count). The number of hydrogen-bond donors (Lipinski definition) is 1. The number of aryl methyl sites for hydroxylation is 2. The number of imidazole rings is 1. The Hall–Kier alpha value is -3.15. The lowest BCUT2D eigenvalue weighted by molar-refractivity contribution is 0.140. The van der Waals surface area contributed by atoms with Gasteiger partial charge < -0.3 is 14.6 Å². The fourth-order valence-electron chi connectivity index (χ4n) is 3.96. The molecule has 1 aliphatic heterocycles. The number of amides is 1. The molecule has 0 bridgehead atoms. The Kier molecular flexibility index (Phi) is 5.10. The van der Waals surface area contributed by atoms with E-state index in [9.17, 15) is 14.3 Å². The molecule has 2 aromatic carbocycles. The van der Waals surface area contributed by atoms with Crippen LogP contribution in [-0.2, 0) is 13.0 Å². The van der Waals surface area contributed by atoms with E-state index in [0.717, 1.165) is 41.6 Å². The van der Waals surface area contributed by atoms with E-state index in [4.69, 9.17) is 0 Å². The van der Waals surface area contributed by atoms with Gasteiger partial charge in [0.15, 0.2) is 0 Å². The summed E-state index contributed by atoms with van der Waals surface area (Å²) >= 11 is 0. The highest BCUT2D eigenvalue weighted by atomic mass is 19.1. The van der Waals surface area contributed by atoms with Crippen LogP contribution in [0.4, 0.5) is 9.18 Å². The zero-order chi connectivity index (χ0) is 19.5. The molecule has 1 aliphatic rings. The van der Waals surface area contributed by atoms with Crippen molar-refractivity contribution < 1.29 is 14.3 Å². The van der Waals surface area contributed by atoms with Crippen LogP contribution >= 0.6 is 0 Å². The molecule has 1 amide bonds. The maximum absolute atomic E-state index is 13.1. The highest BCUT2D eigenvalue weighted by Gasteiger charge is 2.31. The third-order valence-corrected chi connectivity index (χ3v) is 5.36. The van der Waals surface area contributed by atoms with Gasteiger partial charge in [-0.15, -0.1) is 0 Å². The van der Waals surface area contributed by atoms with Gasteiger partial charge in [0.05, 0.1) is 24.3 Å². The number of carboxylic acid groups (broad SMARTS) is 1. The van der Waals surface area contributed by atoms with Gasteiger partial charge in [-0.05, 0) is 42.5 Å². The normalized spacial score (nSPS) is 16.5. The van der Waals surface area contributed by atoms with Crippen LogP contribution in [0.5, 0.6) is 0 Å². The summed E-state index contributed by atoms with van der Waals surface area (Å²) in [5, 5.41) is 9.53. The predicted molar refractivity (Wildman–Crippen MR) is 104 cm³/mol. The molecule has 1 N–H and O–H groups in total. The summed E-state index contributed by atoms with van der Waals surface area (Å²) in [6.45, 7) is 1.28. The number of halogens is 1. The van der Waals surface area contributed by atoms with Crippen molar-refractivity contribution in [3.63, 3.8) is 0 Å². The molecule has 1 fully saturated rings. The number of likely N-dealkylation sites (tertiary alicyclic amines) is 1. The first-order valence-electron chi connectivity index (χ1n) is 9.47. The van der Waals surface area contributed by atoms with Crippen molar-refractivity contribution in [1.82, 2.24) is 14.5 Å². The largest absolute Gasteiger partial charge is 0.465 e. The van der Waals surface area contributed by atoms with E-state index < -0.39 is 6.09 Å². The molecule has 1 saturated heterocycles. The lowest BCUT2D eigenvalue weighted by atomic mass is 9.96. The molecule has 6 heteroatoms. The number of benzene rings is 2. The van der Waals surface area contributed by atoms with Crippen molar-refractivity contribution in [1.29, 1.82) is 0 Å². The summed E-state index contributed by atoms with van der Waals surface area (Å²) in [6, 6.07) is 14.4. The first-order valence-corrected chi connectivity index (χ1v) is 9.47. The minimum Gasteiger partial charge on any atom is -0.465 e. The number of aromatic nitrogens is 2. The van der Waals surface area contributed by atoms with Crippen molar-refractivity contribution in [2.75, 3.05) is 6.54 Å². The molecule has 0 saturated carbocycles. The smallest absolute Gasteiger partial charge is 0.407 e. The van der Waals surface area contributed by atoms with Gasteiger partial charge in [-0.25, -0.2) is 14.2 Å². The Balaban J connectivity index is 1.61. The monoisotopic (exact) mass is 379 g/mol. The SMILES string of the molecule is O=C(O)N1CCCC1c1ccccc1-c1cncn1CCc1ccc(F)cc1. The Morgan fingerprint density at radius 3 is 2.75 bits per heavy atom. The molecule has 5 nitrogen and oxygen atoms in total. The van der Waals surface area contributed by atoms with E-state index in [1.54, 1.807) is 18.5 Å². The van der Waals surface area contributed by atoms with Crippen molar-refractivity contribution >= 4 is 6.09 Å². The topological polar surface area (TPSA) is 58.4 Å². The van der Waals surface area contributed by atoms with Gasteiger partial charge in [0.2, 0.25) is 0 Å². The molecule has 0 radical (unpaired) electrons.